The Labute approximate surface area is 132 Å². The van der Waals surface area contributed by atoms with Gasteiger partial charge in [-0.2, -0.15) is 0 Å². The Morgan fingerprint density at radius 1 is 1.00 bits per heavy atom. The van der Waals surface area contributed by atoms with Crippen molar-refractivity contribution in [3.63, 3.8) is 0 Å². The predicted octanol–water partition coefficient (Wildman–Crippen LogP) is 5.14. The second-order valence-electron chi connectivity index (χ2n) is 4.34. The van der Waals surface area contributed by atoms with E-state index in [4.69, 9.17) is 34.8 Å². The summed E-state index contributed by atoms with van der Waals surface area (Å²) < 4.78 is 0. The normalized spacial score (nSPS) is 10.4. The van der Waals surface area contributed by atoms with E-state index in [9.17, 15) is 4.79 Å². The molecule has 0 radical (unpaired) electrons. The zero-order valence-electron chi connectivity index (χ0n) is 10.7. The Balaban J connectivity index is 2.16. The van der Waals surface area contributed by atoms with Gasteiger partial charge in [0.05, 0.1) is 6.42 Å². The molecule has 0 bridgehead atoms. The van der Waals surface area contributed by atoms with Crippen molar-refractivity contribution in [2.75, 3.05) is 5.32 Å². The number of carbonyl (C=O) groups is 1. The highest BCUT2D eigenvalue weighted by Crippen LogP contribution is 2.26. The van der Waals surface area contributed by atoms with Gasteiger partial charge in [-0.05, 0) is 42.3 Å². The van der Waals surface area contributed by atoms with Crippen LogP contribution in [0, 0.1) is 6.92 Å². The van der Waals surface area contributed by atoms with Crippen LogP contribution in [0.15, 0.2) is 36.4 Å². The average molecular weight is 329 g/mol. The number of anilines is 1. The van der Waals surface area contributed by atoms with E-state index in [1.54, 1.807) is 36.4 Å². The molecule has 1 amide bonds. The van der Waals surface area contributed by atoms with Crippen LogP contribution in [0.1, 0.15) is 11.1 Å². The Morgan fingerprint density at radius 3 is 2.20 bits per heavy atom. The predicted molar refractivity (Wildman–Crippen MR) is 85.0 cm³/mol. The van der Waals surface area contributed by atoms with Crippen LogP contribution >= 0.6 is 34.8 Å². The van der Waals surface area contributed by atoms with Gasteiger partial charge in [-0.25, -0.2) is 0 Å². The minimum Gasteiger partial charge on any atom is -0.326 e. The summed E-state index contributed by atoms with van der Waals surface area (Å²) in [5, 5.41) is 4.39. The molecule has 2 aromatic carbocycles. The van der Waals surface area contributed by atoms with E-state index < -0.39 is 0 Å². The third kappa shape index (κ3) is 3.45. The standard InChI is InChI=1S/C15H12Cl3NO/c1-9-11(16)4-3-7-14(9)19-15(20)8-10-12(17)5-2-6-13(10)18/h2-7H,8H2,1H3,(H,19,20). The second kappa shape index (κ2) is 6.49. The number of amides is 1. The van der Waals surface area contributed by atoms with Crippen LogP contribution < -0.4 is 5.32 Å². The van der Waals surface area contributed by atoms with Crippen LogP contribution in [-0.4, -0.2) is 5.91 Å². The maximum absolute atomic E-state index is 12.1. The number of benzene rings is 2. The van der Waals surface area contributed by atoms with E-state index >= 15 is 0 Å². The van der Waals surface area contributed by atoms with Crippen LogP contribution in [0.4, 0.5) is 5.69 Å². The second-order valence-corrected chi connectivity index (χ2v) is 5.56. The molecule has 0 unspecified atom stereocenters. The lowest BCUT2D eigenvalue weighted by Crippen LogP contribution is -2.15. The first-order valence-corrected chi connectivity index (χ1v) is 7.10. The summed E-state index contributed by atoms with van der Waals surface area (Å²) in [6.07, 6.45) is 0.116. The highest BCUT2D eigenvalue weighted by atomic mass is 35.5. The van der Waals surface area contributed by atoms with E-state index in [0.717, 1.165) is 5.56 Å². The summed E-state index contributed by atoms with van der Waals surface area (Å²) in [7, 11) is 0. The fourth-order valence-electron chi connectivity index (χ4n) is 1.80. The van der Waals surface area contributed by atoms with Crippen LogP contribution in [0.2, 0.25) is 15.1 Å². The summed E-state index contributed by atoms with van der Waals surface area (Å²) in [4.78, 5) is 12.1. The first kappa shape index (κ1) is 15.2. The molecule has 0 atom stereocenters. The fourth-order valence-corrected chi connectivity index (χ4v) is 2.50. The molecular formula is C15H12Cl3NO. The van der Waals surface area contributed by atoms with E-state index in [0.29, 0.717) is 26.3 Å². The van der Waals surface area contributed by atoms with Crippen molar-refractivity contribution >= 4 is 46.4 Å². The summed E-state index contributed by atoms with van der Waals surface area (Å²) in [5.41, 5.74) is 2.13. The van der Waals surface area contributed by atoms with Gasteiger partial charge in [-0.3, -0.25) is 4.79 Å². The molecular weight excluding hydrogens is 317 g/mol. The molecule has 2 rings (SSSR count). The first-order valence-electron chi connectivity index (χ1n) is 5.97. The van der Waals surface area contributed by atoms with Gasteiger partial charge in [-0.15, -0.1) is 0 Å². The van der Waals surface area contributed by atoms with Crippen molar-refractivity contribution in [1.29, 1.82) is 0 Å². The molecule has 0 aliphatic heterocycles. The van der Waals surface area contributed by atoms with Crippen molar-refractivity contribution in [1.82, 2.24) is 0 Å². The van der Waals surface area contributed by atoms with E-state index in [2.05, 4.69) is 5.32 Å². The lowest BCUT2D eigenvalue weighted by molar-refractivity contribution is -0.115. The molecule has 0 aliphatic rings. The summed E-state index contributed by atoms with van der Waals surface area (Å²) >= 11 is 18.1. The maximum Gasteiger partial charge on any atom is 0.228 e. The quantitative estimate of drug-likeness (QED) is 0.830. The van der Waals surface area contributed by atoms with Gasteiger partial charge in [0, 0.05) is 20.8 Å². The number of hydrogen-bond acceptors (Lipinski definition) is 1. The molecule has 0 aromatic heterocycles. The lowest BCUT2D eigenvalue weighted by atomic mass is 10.1. The van der Waals surface area contributed by atoms with Crippen LogP contribution in [0.3, 0.4) is 0 Å². The van der Waals surface area contributed by atoms with E-state index in [1.807, 2.05) is 6.92 Å². The molecule has 0 saturated carbocycles. The largest absolute Gasteiger partial charge is 0.326 e. The monoisotopic (exact) mass is 327 g/mol. The van der Waals surface area contributed by atoms with Gasteiger partial charge in [0.25, 0.3) is 0 Å². The highest BCUT2D eigenvalue weighted by Gasteiger charge is 2.12. The van der Waals surface area contributed by atoms with E-state index in [1.165, 1.54) is 0 Å². The first-order chi connectivity index (χ1) is 9.49. The zero-order valence-corrected chi connectivity index (χ0v) is 13.0. The minimum absolute atomic E-state index is 0.116. The van der Waals surface area contributed by atoms with Crippen LogP contribution in [-0.2, 0) is 11.2 Å². The molecule has 0 spiro atoms. The molecule has 20 heavy (non-hydrogen) atoms. The Bertz CT molecular complexity index is 635. The Kier molecular flexibility index (Phi) is 4.92. The van der Waals surface area contributed by atoms with Gasteiger partial charge in [0.2, 0.25) is 5.91 Å². The third-order valence-corrected chi connectivity index (χ3v) is 4.06. The number of halogens is 3. The Morgan fingerprint density at radius 2 is 1.55 bits per heavy atom. The fraction of sp³-hybridized carbons (Fsp3) is 0.133. The van der Waals surface area contributed by atoms with Crippen molar-refractivity contribution in [2.45, 2.75) is 13.3 Å². The lowest BCUT2D eigenvalue weighted by Gasteiger charge is -2.11. The van der Waals surface area contributed by atoms with Crippen molar-refractivity contribution in [3.05, 3.63) is 62.6 Å². The van der Waals surface area contributed by atoms with Gasteiger partial charge in [0.15, 0.2) is 0 Å². The molecule has 5 heteroatoms. The SMILES string of the molecule is Cc1c(Cl)cccc1NC(=O)Cc1c(Cl)cccc1Cl. The summed E-state index contributed by atoms with van der Waals surface area (Å²) in [6.45, 7) is 1.85. The van der Waals surface area contributed by atoms with Crippen molar-refractivity contribution in [2.24, 2.45) is 0 Å². The highest BCUT2D eigenvalue weighted by molar-refractivity contribution is 6.36. The minimum atomic E-state index is -0.189. The number of hydrogen-bond donors (Lipinski definition) is 1. The zero-order chi connectivity index (χ0) is 14.7. The summed E-state index contributed by atoms with van der Waals surface area (Å²) in [5.74, 6) is -0.189. The van der Waals surface area contributed by atoms with Gasteiger partial charge in [0.1, 0.15) is 0 Å². The summed E-state index contributed by atoms with van der Waals surface area (Å²) in [6, 6.07) is 10.5. The number of carbonyl (C=O) groups excluding carboxylic acids is 1. The molecule has 0 aliphatic carbocycles. The third-order valence-electron chi connectivity index (χ3n) is 2.94. The van der Waals surface area contributed by atoms with Crippen molar-refractivity contribution in [3.8, 4) is 0 Å². The molecule has 0 heterocycles. The topological polar surface area (TPSA) is 29.1 Å². The van der Waals surface area contributed by atoms with Gasteiger partial charge >= 0.3 is 0 Å². The molecule has 1 N–H and O–H groups in total. The number of nitrogens with one attached hydrogen (secondary N) is 1. The molecule has 2 aromatic rings. The van der Waals surface area contributed by atoms with Crippen LogP contribution in [0.5, 0.6) is 0 Å². The van der Waals surface area contributed by atoms with Crippen LogP contribution in [0.25, 0.3) is 0 Å². The Hall–Kier alpha value is -1.22. The van der Waals surface area contributed by atoms with Gasteiger partial charge < -0.3 is 5.32 Å². The molecule has 0 fully saturated rings. The molecule has 2 nitrogen and oxygen atoms in total. The van der Waals surface area contributed by atoms with Crippen molar-refractivity contribution < 1.29 is 4.79 Å². The molecule has 0 saturated heterocycles. The van der Waals surface area contributed by atoms with Gasteiger partial charge in [-0.1, -0.05) is 46.9 Å². The smallest absolute Gasteiger partial charge is 0.228 e. The molecule has 104 valence electrons. The van der Waals surface area contributed by atoms with E-state index in [-0.39, 0.29) is 12.3 Å². The average Bonchev–Trinajstić information content (AvgIpc) is 2.39. The maximum atomic E-state index is 12.1. The number of rotatable bonds is 3.